The van der Waals surface area contributed by atoms with Crippen molar-refractivity contribution in [2.75, 3.05) is 13.1 Å². The number of nitrogens with one attached hydrogen (secondary N) is 1. The van der Waals surface area contributed by atoms with E-state index in [1.807, 2.05) is 60.7 Å². The van der Waals surface area contributed by atoms with Gasteiger partial charge in [0.2, 0.25) is 0 Å². The Labute approximate surface area is 271 Å². The smallest absolute Gasteiger partial charge is 0.271 e. The molecular formula is C38H44N4O4. The molecular weight excluding hydrogens is 576 g/mol. The third-order valence-electron chi connectivity index (χ3n) is 9.96. The number of aromatic nitrogens is 2. The first kappa shape index (κ1) is 30.9. The lowest BCUT2D eigenvalue weighted by molar-refractivity contribution is -0.253. The summed E-state index contributed by atoms with van der Waals surface area (Å²) in [6.07, 6.45) is 5.45. The van der Waals surface area contributed by atoms with Gasteiger partial charge in [-0.15, -0.1) is 0 Å². The van der Waals surface area contributed by atoms with Gasteiger partial charge in [0.25, 0.3) is 5.91 Å². The van der Waals surface area contributed by atoms with Crippen LogP contribution >= 0.6 is 0 Å². The van der Waals surface area contributed by atoms with Crippen LogP contribution in [0.4, 0.5) is 0 Å². The minimum absolute atomic E-state index is 0.0219. The third-order valence-corrected chi connectivity index (χ3v) is 9.96. The van der Waals surface area contributed by atoms with Crippen LogP contribution in [0.25, 0.3) is 11.0 Å². The maximum atomic E-state index is 12.8. The molecule has 4 aromatic rings. The highest BCUT2D eigenvalue weighted by Crippen LogP contribution is 2.53. The second kappa shape index (κ2) is 12.5. The second-order valence-corrected chi connectivity index (χ2v) is 14.7. The number of aliphatic hydroxyl groups excluding tert-OH is 1. The highest BCUT2D eigenvalue weighted by Gasteiger charge is 2.50. The fourth-order valence-electron chi connectivity index (χ4n) is 8.22. The van der Waals surface area contributed by atoms with Crippen molar-refractivity contribution in [2.24, 2.45) is 10.8 Å². The quantitative estimate of drug-likeness (QED) is 0.232. The zero-order valence-corrected chi connectivity index (χ0v) is 27.0. The van der Waals surface area contributed by atoms with Crippen molar-refractivity contribution in [1.82, 2.24) is 20.2 Å². The Morgan fingerprint density at radius 2 is 1.65 bits per heavy atom. The van der Waals surface area contributed by atoms with Gasteiger partial charge in [-0.1, -0.05) is 81.4 Å². The first-order valence-electron chi connectivity index (χ1n) is 16.5. The molecule has 8 heteroatoms. The molecule has 46 heavy (non-hydrogen) atoms. The number of hydrogen-bond acceptors (Lipinski definition) is 7. The van der Waals surface area contributed by atoms with E-state index in [4.69, 9.17) is 9.47 Å². The Bertz CT molecular complexity index is 1690. The number of benzene rings is 3. The van der Waals surface area contributed by atoms with Gasteiger partial charge in [-0.2, -0.15) is 0 Å². The number of nitrogens with zero attached hydrogens (tertiary/aromatic N) is 3. The van der Waals surface area contributed by atoms with Crippen LogP contribution < -0.4 is 5.32 Å². The average Bonchev–Trinajstić information content (AvgIpc) is 3.30. The number of ether oxygens (including phenoxy) is 2. The molecule has 3 heterocycles. The molecule has 240 valence electrons. The van der Waals surface area contributed by atoms with Gasteiger partial charge in [-0.05, 0) is 58.9 Å². The predicted octanol–water partition coefficient (Wildman–Crippen LogP) is 6.50. The molecule has 1 aliphatic carbocycles. The number of carbonyl (C=O) groups is 1. The van der Waals surface area contributed by atoms with E-state index in [0.717, 1.165) is 47.3 Å². The molecule has 1 amide bonds. The molecule has 3 aliphatic rings. The molecule has 0 spiro atoms. The zero-order chi connectivity index (χ0) is 31.9. The van der Waals surface area contributed by atoms with Crippen LogP contribution in [0.15, 0.2) is 79.0 Å². The summed E-state index contributed by atoms with van der Waals surface area (Å²) < 4.78 is 13.3. The van der Waals surface area contributed by atoms with Crippen LogP contribution in [0.2, 0.25) is 0 Å². The van der Waals surface area contributed by atoms with E-state index in [9.17, 15) is 9.90 Å². The lowest BCUT2D eigenvalue weighted by Gasteiger charge is -2.41. The summed E-state index contributed by atoms with van der Waals surface area (Å²) in [7, 11) is 0. The van der Waals surface area contributed by atoms with E-state index in [-0.39, 0.29) is 24.7 Å². The van der Waals surface area contributed by atoms with Crippen molar-refractivity contribution in [3.8, 4) is 0 Å². The van der Waals surface area contributed by atoms with Crippen LogP contribution in [-0.4, -0.2) is 51.1 Å². The van der Waals surface area contributed by atoms with E-state index in [2.05, 4.69) is 53.1 Å². The van der Waals surface area contributed by atoms with E-state index >= 15 is 0 Å². The lowest BCUT2D eigenvalue weighted by atomic mass is 9.65. The van der Waals surface area contributed by atoms with Crippen molar-refractivity contribution in [2.45, 2.75) is 84.1 Å². The van der Waals surface area contributed by atoms with Gasteiger partial charge in [0.05, 0.1) is 36.0 Å². The second-order valence-electron chi connectivity index (χ2n) is 14.7. The molecule has 3 aromatic carbocycles. The van der Waals surface area contributed by atoms with Gasteiger partial charge in [0, 0.05) is 37.7 Å². The normalized spacial score (nSPS) is 27.5. The van der Waals surface area contributed by atoms with Crippen LogP contribution in [0.1, 0.15) is 91.6 Å². The average molecular weight is 621 g/mol. The Hall–Kier alpha value is -3.69. The maximum Gasteiger partial charge on any atom is 0.271 e. The highest BCUT2D eigenvalue weighted by molar-refractivity contribution is 5.93. The summed E-state index contributed by atoms with van der Waals surface area (Å²) in [6, 6.07) is 24.3. The fraction of sp³-hybridized carbons (Fsp3) is 0.447. The van der Waals surface area contributed by atoms with Crippen LogP contribution in [0, 0.1) is 10.8 Å². The summed E-state index contributed by atoms with van der Waals surface area (Å²) in [5.41, 5.74) is 6.38. The van der Waals surface area contributed by atoms with Crippen LogP contribution in [0.5, 0.6) is 0 Å². The van der Waals surface area contributed by atoms with Gasteiger partial charge in [-0.3, -0.25) is 14.7 Å². The fourth-order valence-corrected chi connectivity index (χ4v) is 8.22. The van der Waals surface area contributed by atoms with Crippen LogP contribution in [-0.2, 0) is 22.6 Å². The SMILES string of the molecule is CC1(C)CC2CC(C)(CN2C[C@@H]2C[C@H](c3ccc(CO)cc3)O[C@H](c3ccc(CNC(=O)c4cnc5ccccc5n4)cc3)O2)C1. The molecule has 1 aromatic heterocycles. The minimum atomic E-state index is -0.508. The molecule has 2 aliphatic heterocycles. The summed E-state index contributed by atoms with van der Waals surface area (Å²) in [5.74, 6) is -0.261. The molecule has 2 bridgehead atoms. The van der Waals surface area contributed by atoms with E-state index in [1.54, 1.807) is 0 Å². The van der Waals surface area contributed by atoms with Crippen molar-refractivity contribution < 1.29 is 19.4 Å². The third kappa shape index (κ3) is 6.72. The Balaban J connectivity index is 1.04. The van der Waals surface area contributed by atoms with Crippen LogP contribution in [0.3, 0.4) is 0 Å². The van der Waals surface area contributed by atoms with Crippen molar-refractivity contribution in [3.05, 3.63) is 107 Å². The molecule has 5 atom stereocenters. The first-order chi connectivity index (χ1) is 22.1. The predicted molar refractivity (Wildman–Crippen MR) is 177 cm³/mol. The number of carbonyl (C=O) groups excluding carboxylic acids is 1. The largest absolute Gasteiger partial charge is 0.392 e. The number of hydrogen-bond donors (Lipinski definition) is 2. The number of amides is 1. The van der Waals surface area contributed by atoms with Crippen molar-refractivity contribution in [1.29, 1.82) is 0 Å². The summed E-state index contributed by atoms with van der Waals surface area (Å²) in [5, 5.41) is 12.5. The van der Waals surface area contributed by atoms with Gasteiger partial charge in [0.1, 0.15) is 5.69 Å². The number of likely N-dealkylation sites (tertiary alicyclic amines) is 1. The van der Waals surface area contributed by atoms with Gasteiger partial charge >= 0.3 is 0 Å². The first-order valence-corrected chi connectivity index (χ1v) is 16.5. The molecule has 8 nitrogen and oxygen atoms in total. The highest BCUT2D eigenvalue weighted by atomic mass is 16.7. The summed E-state index contributed by atoms with van der Waals surface area (Å²) >= 11 is 0. The summed E-state index contributed by atoms with van der Waals surface area (Å²) in [4.78, 5) is 24.3. The molecule has 2 saturated heterocycles. The molecule has 2 N–H and O–H groups in total. The number of aliphatic hydroxyl groups is 1. The zero-order valence-electron chi connectivity index (χ0n) is 27.0. The lowest BCUT2D eigenvalue weighted by Crippen LogP contribution is -2.42. The number of para-hydroxylation sites is 2. The van der Waals surface area contributed by atoms with Crippen molar-refractivity contribution >= 4 is 16.9 Å². The number of rotatable bonds is 8. The molecule has 1 saturated carbocycles. The van der Waals surface area contributed by atoms with Crippen molar-refractivity contribution in [3.63, 3.8) is 0 Å². The topological polar surface area (TPSA) is 96.8 Å². The van der Waals surface area contributed by atoms with Gasteiger partial charge in [0.15, 0.2) is 6.29 Å². The summed E-state index contributed by atoms with van der Waals surface area (Å²) in [6.45, 7) is 9.69. The van der Waals surface area contributed by atoms with Gasteiger partial charge < -0.3 is 19.9 Å². The van der Waals surface area contributed by atoms with E-state index < -0.39 is 6.29 Å². The molecule has 0 radical (unpaired) electrons. The Morgan fingerprint density at radius 1 is 0.935 bits per heavy atom. The maximum absolute atomic E-state index is 12.8. The molecule has 7 rings (SSSR count). The number of fused-ring (bicyclic) bond motifs is 3. The molecule has 2 unspecified atom stereocenters. The van der Waals surface area contributed by atoms with E-state index in [0.29, 0.717) is 34.6 Å². The standard InChI is InChI=1S/C38H44N4O4/c1-37(2)17-29-18-38(3,23-37)24-42(29)21-30-16-34(27-12-10-26(22-43)11-13-27)46-36(45-30)28-14-8-25(9-15-28)19-40-35(44)33-20-39-31-6-4-5-7-32(31)41-33/h4-15,20,29-30,34,36,43H,16-19,21-24H2,1-3H3,(H,40,44)/t29?,30-,34+,36+,38?/m0/s1. The molecule has 3 fully saturated rings. The van der Waals surface area contributed by atoms with E-state index in [1.165, 1.54) is 25.5 Å². The Kier molecular flexibility index (Phi) is 8.40. The monoisotopic (exact) mass is 620 g/mol. The van der Waals surface area contributed by atoms with Gasteiger partial charge in [-0.25, -0.2) is 4.98 Å². The minimum Gasteiger partial charge on any atom is -0.392 e. The Morgan fingerprint density at radius 3 is 2.41 bits per heavy atom.